The first-order valence-electron chi connectivity index (χ1n) is 8.69. The van der Waals surface area contributed by atoms with Crippen LogP contribution in [0, 0.1) is 11.8 Å². The van der Waals surface area contributed by atoms with Crippen molar-refractivity contribution < 1.29 is 9.53 Å². The van der Waals surface area contributed by atoms with E-state index in [1.807, 2.05) is 18.9 Å². The molecule has 2 aliphatic rings. The molecule has 1 saturated carbocycles. The van der Waals surface area contributed by atoms with Gasteiger partial charge < -0.3 is 15.0 Å². The molecule has 5 heteroatoms. The number of hydrogen-bond acceptors (Lipinski definition) is 3. The second-order valence-corrected chi connectivity index (χ2v) is 7.00. The summed E-state index contributed by atoms with van der Waals surface area (Å²) in [5.41, 5.74) is 0. The number of hydrogen-bond donors (Lipinski definition) is 1. The largest absolute Gasteiger partial charge is 0.375 e. The molecule has 4 nitrogen and oxygen atoms in total. The van der Waals surface area contributed by atoms with Crippen LogP contribution >= 0.6 is 12.4 Å². The van der Waals surface area contributed by atoms with Crippen molar-refractivity contribution in [2.75, 3.05) is 26.7 Å². The summed E-state index contributed by atoms with van der Waals surface area (Å²) >= 11 is 0. The molecule has 0 radical (unpaired) electrons. The summed E-state index contributed by atoms with van der Waals surface area (Å²) in [7, 11) is 1.90. The zero-order chi connectivity index (χ0) is 15.2. The van der Waals surface area contributed by atoms with E-state index in [0.717, 1.165) is 38.4 Å². The minimum atomic E-state index is 0. The first-order chi connectivity index (χ1) is 10.1. The quantitative estimate of drug-likeness (QED) is 0.841. The standard InChI is InChI=1S/C17H32N2O2.ClH/c1-13-4-6-15(7-5-13)21-16-8-10-19(11-9-16)17(20)14(2)12-18-3;/h13-16,18H,4-12H2,1-3H3;1H. The lowest BCUT2D eigenvalue weighted by Crippen LogP contribution is -2.45. The molecule has 1 aliphatic carbocycles. The Morgan fingerprint density at radius 2 is 1.68 bits per heavy atom. The summed E-state index contributed by atoms with van der Waals surface area (Å²) in [5, 5.41) is 3.08. The van der Waals surface area contributed by atoms with Gasteiger partial charge in [-0.05, 0) is 51.5 Å². The first-order valence-corrected chi connectivity index (χ1v) is 8.69. The predicted octanol–water partition coefficient (Wildman–Crippen LogP) is 2.85. The third-order valence-electron chi connectivity index (χ3n) is 5.03. The van der Waals surface area contributed by atoms with Crippen LogP contribution in [0.4, 0.5) is 0 Å². The van der Waals surface area contributed by atoms with Gasteiger partial charge in [0.15, 0.2) is 0 Å². The SMILES string of the molecule is CNCC(C)C(=O)N1CCC(OC2CCC(C)CC2)CC1.Cl. The molecule has 0 aromatic heterocycles. The van der Waals surface area contributed by atoms with Crippen molar-refractivity contribution in [3.8, 4) is 0 Å². The van der Waals surface area contributed by atoms with E-state index in [1.165, 1.54) is 25.7 Å². The van der Waals surface area contributed by atoms with Crippen molar-refractivity contribution in [3.05, 3.63) is 0 Å². The van der Waals surface area contributed by atoms with E-state index < -0.39 is 0 Å². The monoisotopic (exact) mass is 332 g/mol. The number of piperidine rings is 1. The molecule has 1 heterocycles. The van der Waals surface area contributed by atoms with Crippen molar-refractivity contribution in [2.24, 2.45) is 11.8 Å². The number of rotatable bonds is 5. The summed E-state index contributed by atoms with van der Waals surface area (Å²) < 4.78 is 6.27. The van der Waals surface area contributed by atoms with Crippen LogP contribution in [0.15, 0.2) is 0 Å². The van der Waals surface area contributed by atoms with Gasteiger partial charge in [-0.1, -0.05) is 13.8 Å². The van der Waals surface area contributed by atoms with Crippen LogP contribution < -0.4 is 5.32 Å². The van der Waals surface area contributed by atoms with Crippen LogP contribution in [0.5, 0.6) is 0 Å². The minimum absolute atomic E-state index is 0. The highest BCUT2D eigenvalue weighted by atomic mass is 35.5. The van der Waals surface area contributed by atoms with E-state index in [-0.39, 0.29) is 24.2 Å². The molecule has 22 heavy (non-hydrogen) atoms. The zero-order valence-corrected chi connectivity index (χ0v) is 15.2. The molecular formula is C17H33ClN2O2. The van der Waals surface area contributed by atoms with E-state index in [0.29, 0.717) is 12.2 Å². The average molecular weight is 333 g/mol. The second kappa shape index (κ2) is 9.74. The Morgan fingerprint density at radius 1 is 1.14 bits per heavy atom. The van der Waals surface area contributed by atoms with E-state index in [4.69, 9.17) is 4.74 Å². The minimum Gasteiger partial charge on any atom is -0.375 e. The van der Waals surface area contributed by atoms with Crippen LogP contribution in [-0.4, -0.2) is 49.7 Å². The lowest BCUT2D eigenvalue weighted by atomic mass is 9.88. The Kier molecular flexibility index (Phi) is 8.73. The molecule has 0 aromatic carbocycles. The fraction of sp³-hybridized carbons (Fsp3) is 0.941. The number of nitrogens with zero attached hydrogens (tertiary/aromatic N) is 1. The maximum absolute atomic E-state index is 12.3. The highest BCUT2D eigenvalue weighted by Crippen LogP contribution is 2.28. The number of ether oxygens (including phenoxy) is 1. The Labute approximate surface area is 141 Å². The van der Waals surface area contributed by atoms with E-state index >= 15 is 0 Å². The molecule has 130 valence electrons. The molecule has 1 N–H and O–H groups in total. The van der Waals surface area contributed by atoms with Crippen LogP contribution in [-0.2, 0) is 9.53 Å². The third kappa shape index (κ3) is 5.71. The van der Waals surface area contributed by atoms with Crippen LogP contribution in [0.3, 0.4) is 0 Å². The molecule has 1 aliphatic heterocycles. The molecule has 2 fully saturated rings. The number of carbonyl (C=O) groups excluding carboxylic acids is 1. The summed E-state index contributed by atoms with van der Waals surface area (Å²) in [6, 6.07) is 0. The lowest BCUT2D eigenvalue weighted by Gasteiger charge is -2.36. The summed E-state index contributed by atoms with van der Waals surface area (Å²) in [4.78, 5) is 14.3. The molecule has 0 aromatic rings. The Morgan fingerprint density at radius 3 is 2.23 bits per heavy atom. The maximum Gasteiger partial charge on any atom is 0.226 e. The van der Waals surface area contributed by atoms with Crippen molar-refractivity contribution in [3.63, 3.8) is 0 Å². The van der Waals surface area contributed by atoms with Crippen molar-refractivity contribution in [1.82, 2.24) is 10.2 Å². The predicted molar refractivity (Wildman–Crippen MR) is 92.4 cm³/mol. The van der Waals surface area contributed by atoms with Crippen LogP contribution in [0.25, 0.3) is 0 Å². The molecule has 0 spiro atoms. The molecular weight excluding hydrogens is 300 g/mol. The Bertz CT molecular complexity index is 325. The number of nitrogens with one attached hydrogen (secondary N) is 1. The van der Waals surface area contributed by atoms with Gasteiger partial charge in [-0.15, -0.1) is 12.4 Å². The smallest absolute Gasteiger partial charge is 0.226 e. The molecule has 1 atom stereocenters. The van der Waals surface area contributed by atoms with Gasteiger partial charge in [-0.25, -0.2) is 0 Å². The number of amides is 1. The molecule has 1 saturated heterocycles. The van der Waals surface area contributed by atoms with Crippen molar-refractivity contribution in [2.45, 2.75) is 64.6 Å². The zero-order valence-electron chi connectivity index (χ0n) is 14.3. The average Bonchev–Trinajstić information content (AvgIpc) is 2.50. The van der Waals surface area contributed by atoms with E-state index in [9.17, 15) is 4.79 Å². The molecule has 2 rings (SSSR count). The normalized spacial score (nSPS) is 28.0. The highest BCUT2D eigenvalue weighted by molar-refractivity contribution is 5.85. The van der Waals surface area contributed by atoms with Gasteiger partial charge in [0.25, 0.3) is 0 Å². The van der Waals surface area contributed by atoms with Gasteiger partial charge in [0.05, 0.1) is 12.2 Å². The van der Waals surface area contributed by atoms with E-state index in [2.05, 4.69) is 12.2 Å². The first kappa shape index (κ1) is 19.7. The number of likely N-dealkylation sites (tertiary alicyclic amines) is 1. The van der Waals surface area contributed by atoms with Gasteiger partial charge in [0, 0.05) is 25.6 Å². The summed E-state index contributed by atoms with van der Waals surface area (Å²) in [5.74, 6) is 1.24. The van der Waals surface area contributed by atoms with Gasteiger partial charge in [0.1, 0.15) is 0 Å². The van der Waals surface area contributed by atoms with Crippen LogP contribution in [0.2, 0.25) is 0 Å². The molecule has 1 amide bonds. The van der Waals surface area contributed by atoms with Crippen molar-refractivity contribution >= 4 is 18.3 Å². The van der Waals surface area contributed by atoms with Gasteiger partial charge >= 0.3 is 0 Å². The fourth-order valence-electron chi connectivity index (χ4n) is 3.56. The highest BCUT2D eigenvalue weighted by Gasteiger charge is 2.28. The molecule has 1 unspecified atom stereocenters. The lowest BCUT2D eigenvalue weighted by molar-refractivity contribution is -0.138. The maximum atomic E-state index is 12.3. The molecule has 0 bridgehead atoms. The summed E-state index contributed by atoms with van der Waals surface area (Å²) in [6.45, 7) is 6.83. The fourth-order valence-corrected chi connectivity index (χ4v) is 3.56. The summed E-state index contributed by atoms with van der Waals surface area (Å²) in [6.07, 6.45) is 7.91. The van der Waals surface area contributed by atoms with Gasteiger partial charge in [0.2, 0.25) is 5.91 Å². The van der Waals surface area contributed by atoms with E-state index in [1.54, 1.807) is 0 Å². The number of carbonyl (C=O) groups is 1. The van der Waals surface area contributed by atoms with Gasteiger partial charge in [-0.3, -0.25) is 4.79 Å². The number of halogens is 1. The Balaban J connectivity index is 0.00000242. The topological polar surface area (TPSA) is 41.6 Å². The third-order valence-corrected chi connectivity index (χ3v) is 5.03. The van der Waals surface area contributed by atoms with Crippen molar-refractivity contribution in [1.29, 1.82) is 0 Å². The van der Waals surface area contributed by atoms with Gasteiger partial charge in [-0.2, -0.15) is 0 Å². The Hall–Kier alpha value is -0.320. The second-order valence-electron chi connectivity index (χ2n) is 7.00. The van der Waals surface area contributed by atoms with Crippen LogP contribution in [0.1, 0.15) is 52.4 Å².